The molecule has 0 aliphatic heterocycles. The van der Waals surface area contributed by atoms with Gasteiger partial charge in [0.2, 0.25) is 0 Å². The van der Waals surface area contributed by atoms with Crippen LogP contribution < -0.4 is 0 Å². The van der Waals surface area contributed by atoms with Crippen molar-refractivity contribution in [1.29, 1.82) is 0 Å². The third kappa shape index (κ3) is 2.73. The Labute approximate surface area is 129 Å². The zero-order chi connectivity index (χ0) is 13.2. The molecule has 1 amide bonds. The molecule has 102 valence electrons. The van der Waals surface area contributed by atoms with Gasteiger partial charge in [0.25, 0.3) is 5.91 Å². The molecule has 0 aromatic carbocycles. The third-order valence-corrected chi connectivity index (χ3v) is 6.30. The van der Waals surface area contributed by atoms with E-state index in [0.29, 0.717) is 6.04 Å². The van der Waals surface area contributed by atoms with Crippen molar-refractivity contribution >= 4 is 53.9 Å². The fraction of sp³-hybridized carbons (Fsp3) is 0.500. The summed E-state index contributed by atoms with van der Waals surface area (Å²) < 4.78 is 2.48. The van der Waals surface area contributed by atoms with Crippen LogP contribution >= 0.6 is 38.6 Å². The van der Waals surface area contributed by atoms with E-state index in [4.69, 9.17) is 0 Å². The number of hydrogen-bond donors (Lipinski definition) is 0. The first-order valence-electron chi connectivity index (χ1n) is 6.63. The van der Waals surface area contributed by atoms with Gasteiger partial charge in [-0.2, -0.15) is 0 Å². The second kappa shape index (κ2) is 5.94. The van der Waals surface area contributed by atoms with Gasteiger partial charge in [-0.15, -0.1) is 22.7 Å². The predicted octanol–water partition coefficient (Wildman–Crippen LogP) is 4.74. The van der Waals surface area contributed by atoms with Gasteiger partial charge in [0.05, 0.1) is 4.88 Å². The summed E-state index contributed by atoms with van der Waals surface area (Å²) >= 11 is 6.81. The summed E-state index contributed by atoms with van der Waals surface area (Å²) in [4.78, 5) is 15.7. The Kier molecular flexibility index (Phi) is 4.24. The molecule has 0 spiro atoms. The van der Waals surface area contributed by atoms with Crippen LogP contribution in [0.4, 0.5) is 0 Å². The molecule has 2 nitrogen and oxygen atoms in total. The molecule has 0 radical (unpaired) electrons. The Morgan fingerprint density at radius 1 is 1.42 bits per heavy atom. The average molecular weight is 358 g/mol. The molecule has 1 aliphatic rings. The molecule has 5 heteroatoms. The third-order valence-electron chi connectivity index (χ3n) is 3.66. The van der Waals surface area contributed by atoms with Crippen molar-refractivity contribution < 1.29 is 4.79 Å². The van der Waals surface area contributed by atoms with E-state index in [9.17, 15) is 4.79 Å². The lowest BCUT2D eigenvalue weighted by atomic mass is 9.91. The summed E-state index contributed by atoms with van der Waals surface area (Å²) in [5.74, 6) is 0.235. The molecule has 1 aliphatic carbocycles. The van der Waals surface area contributed by atoms with Crippen molar-refractivity contribution in [3.05, 3.63) is 22.4 Å². The van der Waals surface area contributed by atoms with Crippen LogP contribution in [-0.4, -0.2) is 28.7 Å². The fourth-order valence-corrected chi connectivity index (χ4v) is 4.71. The minimum atomic E-state index is 0.235. The van der Waals surface area contributed by atoms with Crippen molar-refractivity contribution in [1.82, 2.24) is 4.90 Å². The normalized spacial score (nSPS) is 15.6. The minimum Gasteiger partial charge on any atom is -0.335 e. The highest BCUT2D eigenvalue weighted by Crippen LogP contribution is 2.33. The second-order valence-corrected chi connectivity index (χ2v) is 7.71. The van der Waals surface area contributed by atoms with Crippen LogP contribution in [0.15, 0.2) is 17.5 Å². The van der Waals surface area contributed by atoms with Gasteiger partial charge in [-0.3, -0.25) is 4.79 Å². The molecule has 3 rings (SSSR count). The smallest absolute Gasteiger partial charge is 0.264 e. The number of hydrogen-bond acceptors (Lipinski definition) is 3. The molecule has 0 bridgehead atoms. The molecule has 2 heterocycles. The maximum Gasteiger partial charge on any atom is 0.264 e. The van der Waals surface area contributed by atoms with Crippen LogP contribution in [0.2, 0.25) is 0 Å². The highest BCUT2D eigenvalue weighted by atomic mass is 79.9. The fourth-order valence-electron chi connectivity index (χ4n) is 2.39. The number of rotatable bonds is 5. The molecule has 1 fully saturated rings. The molecule has 2 aromatic heterocycles. The van der Waals surface area contributed by atoms with E-state index in [-0.39, 0.29) is 5.91 Å². The van der Waals surface area contributed by atoms with E-state index in [1.54, 1.807) is 22.7 Å². The van der Waals surface area contributed by atoms with Gasteiger partial charge in [0.1, 0.15) is 0 Å². The minimum absolute atomic E-state index is 0.235. The molecule has 0 N–H and O–H groups in total. The van der Waals surface area contributed by atoms with Crippen molar-refractivity contribution in [2.75, 3.05) is 11.9 Å². The van der Waals surface area contributed by atoms with Gasteiger partial charge in [0.15, 0.2) is 0 Å². The highest BCUT2D eigenvalue weighted by molar-refractivity contribution is 9.09. The summed E-state index contributed by atoms with van der Waals surface area (Å²) in [7, 11) is 0. The first-order valence-corrected chi connectivity index (χ1v) is 9.45. The van der Waals surface area contributed by atoms with Crippen molar-refractivity contribution in [2.24, 2.45) is 0 Å². The molecular formula is C14H16BrNOS2. The highest BCUT2D eigenvalue weighted by Gasteiger charge is 2.29. The van der Waals surface area contributed by atoms with Gasteiger partial charge < -0.3 is 4.90 Å². The van der Waals surface area contributed by atoms with Crippen molar-refractivity contribution in [3.63, 3.8) is 0 Å². The Balaban J connectivity index is 1.80. The molecule has 0 unspecified atom stereocenters. The lowest BCUT2D eigenvalue weighted by molar-refractivity contribution is 0.0586. The van der Waals surface area contributed by atoms with Crippen LogP contribution in [0, 0.1) is 0 Å². The van der Waals surface area contributed by atoms with Crippen molar-refractivity contribution in [3.8, 4) is 0 Å². The second-order valence-electron chi connectivity index (χ2n) is 4.89. The maximum absolute atomic E-state index is 12.7. The van der Waals surface area contributed by atoms with Crippen LogP contribution in [0.3, 0.4) is 0 Å². The first kappa shape index (κ1) is 13.6. The zero-order valence-electron chi connectivity index (χ0n) is 10.6. The maximum atomic E-state index is 12.7. The molecule has 0 saturated heterocycles. The number of amides is 1. The summed E-state index contributed by atoms with van der Waals surface area (Å²) in [5.41, 5.74) is 0. The summed E-state index contributed by atoms with van der Waals surface area (Å²) in [5, 5.41) is 3.05. The Bertz CT molecular complexity index is 544. The van der Waals surface area contributed by atoms with Gasteiger partial charge in [-0.1, -0.05) is 15.9 Å². The van der Waals surface area contributed by atoms with Crippen LogP contribution in [0.1, 0.15) is 35.4 Å². The Morgan fingerprint density at radius 3 is 2.89 bits per heavy atom. The van der Waals surface area contributed by atoms with Crippen LogP contribution in [0.25, 0.3) is 9.40 Å². The summed E-state index contributed by atoms with van der Waals surface area (Å²) in [6.45, 7) is 0.875. The topological polar surface area (TPSA) is 20.3 Å². The quantitative estimate of drug-likeness (QED) is 0.707. The lowest BCUT2D eigenvalue weighted by Crippen LogP contribution is -2.44. The van der Waals surface area contributed by atoms with E-state index in [2.05, 4.69) is 38.3 Å². The van der Waals surface area contributed by atoms with Crippen LogP contribution in [-0.2, 0) is 0 Å². The zero-order valence-corrected chi connectivity index (χ0v) is 13.8. The number of thiophene rings is 2. The van der Waals surface area contributed by atoms with E-state index in [1.165, 1.54) is 28.7 Å². The van der Waals surface area contributed by atoms with Gasteiger partial charge in [-0.25, -0.2) is 0 Å². The number of carbonyl (C=O) groups excluding carboxylic acids is 1. The van der Waals surface area contributed by atoms with Gasteiger partial charge in [-0.05, 0) is 43.2 Å². The van der Waals surface area contributed by atoms with E-state index in [0.717, 1.165) is 23.2 Å². The van der Waals surface area contributed by atoms with E-state index in [1.807, 2.05) is 0 Å². The monoisotopic (exact) mass is 357 g/mol. The van der Waals surface area contributed by atoms with E-state index < -0.39 is 0 Å². The predicted molar refractivity (Wildman–Crippen MR) is 86.8 cm³/mol. The number of nitrogens with zero attached hydrogens (tertiary/aromatic N) is 1. The number of fused-ring (bicyclic) bond motifs is 1. The molecule has 1 saturated carbocycles. The van der Waals surface area contributed by atoms with Gasteiger partial charge in [0, 0.05) is 27.3 Å². The SMILES string of the molecule is O=C(c1cc2sccc2s1)N(CCCBr)C1CCC1. The standard InChI is InChI=1S/C14H16BrNOS2/c15-6-2-7-16(10-3-1-4-10)14(17)13-9-12-11(19-13)5-8-18-12/h5,8-10H,1-4,6-7H2. The average Bonchev–Trinajstić information content (AvgIpc) is 2.91. The van der Waals surface area contributed by atoms with Crippen LogP contribution in [0.5, 0.6) is 0 Å². The number of alkyl halides is 1. The molecule has 0 atom stereocenters. The Morgan fingerprint density at radius 2 is 2.26 bits per heavy atom. The molecular weight excluding hydrogens is 342 g/mol. The largest absolute Gasteiger partial charge is 0.335 e. The number of carbonyl (C=O) groups is 1. The van der Waals surface area contributed by atoms with Crippen molar-refractivity contribution in [2.45, 2.75) is 31.7 Å². The van der Waals surface area contributed by atoms with Gasteiger partial charge >= 0.3 is 0 Å². The summed E-state index contributed by atoms with van der Waals surface area (Å²) in [6.07, 6.45) is 4.64. The van der Waals surface area contributed by atoms with E-state index >= 15 is 0 Å². The molecule has 2 aromatic rings. The number of halogens is 1. The summed E-state index contributed by atoms with van der Waals surface area (Å²) in [6, 6.07) is 4.65. The Hall–Kier alpha value is -0.390. The molecule has 19 heavy (non-hydrogen) atoms. The lowest BCUT2D eigenvalue weighted by Gasteiger charge is -2.37. The first-order chi connectivity index (χ1) is 9.29.